The van der Waals surface area contributed by atoms with Gasteiger partial charge in [-0.3, -0.25) is 4.79 Å². The standard InChI is InChI=1S/C16H18ClNO3/c1-12-11-21-9-7-18(12)16(20)14-6-5-13(15(17)10-14)4-2-3-8-19/h5-6,10,12,19H,3,7-9,11H2,1H3. The Bertz CT molecular complexity index is 577. The fourth-order valence-electron chi connectivity index (χ4n) is 2.16. The summed E-state index contributed by atoms with van der Waals surface area (Å²) < 4.78 is 5.34. The molecule has 1 aromatic rings. The number of carbonyl (C=O) groups is 1. The number of aliphatic hydroxyl groups excluding tert-OH is 1. The van der Waals surface area contributed by atoms with Crippen LogP contribution in [0.3, 0.4) is 0 Å². The van der Waals surface area contributed by atoms with Gasteiger partial charge in [0.25, 0.3) is 5.91 Å². The molecule has 5 heteroatoms. The van der Waals surface area contributed by atoms with Crippen LogP contribution in [-0.4, -0.2) is 48.3 Å². The maximum absolute atomic E-state index is 12.5. The summed E-state index contributed by atoms with van der Waals surface area (Å²) in [4.78, 5) is 14.3. The lowest BCUT2D eigenvalue weighted by Crippen LogP contribution is -2.47. The van der Waals surface area contributed by atoms with Gasteiger partial charge in [-0.25, -0.2) is 0 Å². The number of rotatable bonds is 2. The Hall–Kier alpha value is -1.54. The molecule has 1 aliphatic rings. The Kier molecular flexibility index (Phi) is 5.63. The maximum atomic E-state index is 12.5. The Morgan fingerprint density at radius 1 is 1.57 bits per heavy atom. The molecule has 1 heterocycles. The van der Waals surface area contributed by atoms with E-state index in [0.717, 1.165) is 0 Å². The lowest BCUT2D eigenvalue weighted by molar-refractivity contribution is 0.00359. The van der Waals surface area contributed by atoms with E-state index in [2.05, 4.69) is 11.8 Å². The van der Waals surface area contributed by atoms with Crippen LogP contribution in [0.1, 0.15) is 29.3 Å². The van der Waals surface area contributed by atoms with Gasteiger partial charge in [0.2, 0.25) is 0 Å². The van der Waals surface area contributed by atoms with Crippen molar-refractivity contribution in [3.8, 4) is 11.8 Å². The van der Waals surface area contributed by atoms with E-state index in [4.69, 9.17) is 21.4 Å². The number of morpholine rings is 1. The average Bonchev–Trinajstić information content (AvgIpc) is 2.49. The van der Waals surface area contributed by atoms with Crippen LogP contribution in [0.25, 0.3) is 0 Å². The highest BCUT2D eigenvalue weighted by Gasteiger charge is 2.24. The predicted molar refractivity (Wildman–Crippen MR) is 81.4 cm³/mol. The van der Waals surface area contributed by atoms with E-state index < -0.39 is 0 Å². The highest BCUT2D eigenvalue weighted by Crippen LogP contribution is 2.20. The molecule has 1 fully saturated rings. The van der Waals surface area contributed by atoms with Crippen LogP contribution in [0.15, 0.2) is 18.2 Å². The van der Waals surface area contributed by atoms with Crippen LogP contribution < -0.4 is 0 Å². The van der Waals surface area contributed by atoms with Crippen LogP contribution in [0, 0.1) is 11.8 Å². The van der Waals surface area contributed by atoms with Crippen LogP contribution in [0.5, 0.6) is 0 Å². The molecular weight excluding hydrogens is 290 g/mol. The molecule has 0 bridgehead atoms. The molecule has 1 aromatic carbocycles. The van der Waals surface area contributed by atoms with Gasteiger partial charge in [-0.15, -0.1) is 0 Å². The van der Waals surface area contributed by atoms with Gasteiger partial charge in [0, 0.05) is 24.1 Å². The number of halogens is 1. The minimum atomic E-state index is -0.0393. The Labute approximate surface area is 129 Å². The minimum Gasteiger partial charge on any atom is -0.395 e. The molecule has 1 saturated heterocycles. The van der Waals surface area contributed by atoms with Crippen molar-refractivity contribution in [1.29, 1.82) is 0 Å². The van der Waals surface area contributed by atoms with Gasteiger partial charge < -0.3 is 14.7 Å². The summed E-state index contributed by atoms with van der Waals surface area (Å²) >= 11 is 6.17. The second-order valence-electron chi connectivity index (χ2n) is 4.89. The van der Waals surface area contributed by atoms with Crippen molar-refractivity contribution in [1.82, 2.24) is 4.90 Å². The SMILES string of the molecule is CC1COCCN1C(=O)c1ccc(C#CCCO)c(Cl)c1. The number of benzene rings is 1. The van der Waals surface area contributed by atoms with Gasteiger partial charge in [0.15, 0.2) is 0 Å². The quantitative estimate of drug-likeness (QED) is 0.850. The maximum Gasteiger partial charge on any atom is 0.254 e. The number of amides is 1. The number of hydrogen-bond donors (Lipinski definition) is 1. The summed E-state index contributed by atoms with van der Waals surface area (Å²) in [7, 11) is 0. The van der Waals surface area contributed by atoms with E-state index in [1.165, 1.54) is 0 Å². The third kappa shape index (κ3) is 3.98. The molecule has 112 valence electrons. The van der Waals surface area contributed by atoms with Gasteiger partial charge in [-0.2, -0.15) is 0 Å². The summed E-state index contributed by atoms with van der Waals surface area (Å²) in [5.41, 5.74) is 1.22. The minimum absolute atomic E-state index is 0.0239. The zero-order chi connectivity index (χ0) is 15.2. The first-order valence-corrected chi connectivity index (χ1v) is 7.29. The highest BCUT2D eigenvalue weighted by atomic mass is 35.5. The van der Waals surface area contributed by atoms with E-state index in [0.29, 0.717) is 42.3 Å². The number of hydrogen-bond acceptors (Lipinski definition) is 3. The van der Waals surface area contributed by atoms with E-state index in [-0.39, 0.29) is 18.6 Å². The monoisotopic (exact) mass is 307 g/mol. The molecule has 1 amide bonds. The summed E-state index contributed by atoms with van der Waals surface area (Å²) in [6.45, 7) is 3.71. The van der Waals surface area contributed by atoms with Crippen molar-refractivity contribution in [2.24, 2.45) is 0 Å². The second-order valence-corrected chi connectivity index (χ2v) is 5.30. The lowest BCUT2D eigenvalue weighted by Gasteiger charge is -2.33. The van der Waals surface area contributed by atoms with Crippen molar-refractivity contribution >= 4 is 17.5 Å². The summed E-state index contributed by atoms with van der Waals surface area (Å²) in [5, 5.41) is 9.15. The Morgan fingerprint density at radius 3 is 3.05 bits per heavy atom. The van der Waals surface area contributed by atoms with Crippen molar-refractivity contribution in [3.05, 3.63) is 34.3 Å². The molecule has 0 spiro atoms. The molecule has 0 aliphatic carbocycles. The molecule has 4 nitrogen and oxygen atoms in total. The van der Waals surface area contributed by atoms with Crippen LogP contribution in [0.2, 0.25) is 5.02 Å². The van der Waals surface area contributed by atoms with Crippen molar-refractivity contribution in [3.63, 3.8) is 0 Å². The molecule has 2 rings (SSSR count). The second kappa shape index (κ2) is 7.46. The molecule has 1 unspecified atom stereocenters. The zero-order valence-corrected chi connectivity index (χ0v) is 12.7. The van der Waals surface area contributed by atoms with Crippen molar-refractivity contribution in [2.75, 3.05) is 26.4 Å². The Morgan fingerprint density at radius 2 is 2.38 bits per heavy atom. The lowest BCUT2D eigenvalue weighted by atomic mass is 10.1. The fraction of sp³-hybridized carbons (Fsp3) is 0.438. The summed E-state index contributed by atoms with van der Waals surface area (Å²) in [5.74, 6) is 5.66. The van der Waals surface area contributed by atoms with Crippen LogP contribution in [0.4, 0.5) is 0 Å². The molecule has 21 heavy (non-hydrogen) atoms. The van der Waals surface area contributed by atoms with Crippen LogP contribution >= 0.6 is 11.6 Å². The number of nitrogens with zero attached hydrogens (tertiary/aromatic N) is 1. The smallest absolute Gasteiger partial charge is 0.254 e. The van der Waals surface area contributed by atoms with Gasteiger partial charge >= 0.3 is 0 Å². The summed E-state index contributed by atoms with van der Waals surface area (Å²) in [6.07, 6.45) is 0.405. The van der Waals surface area contributed by atoms with E-state index in [1.54, 1.807) is 23.1 Å². The topological polar surface area (TPSA) is 49.8 Å². The third-order valence-corrected chi connectivity index (χ3v) is 3.62. The van der Waals surface area contributed by atoms with Crippen LogP contribution in [-0.2, 0) is 4.74 Å². The molecule has 0 saturated carbocycles. The third-order valence-electron chi connectivity index (χ3n) is 3.30. The largest absolute Gasteiger partial charge is 0.395 e. The fourth-order valence-corrected chi connectivity index (χ4v) is 2.39. The molecule has 1 N–H and O–H groups in total. The first kappa shape index (κ1) is 15.8. The normalized spacial score (nSPS) is 18.0. The van der Waals surface area contributed by atoms with Gasteiger partial charge in [-0.1, -0.05) is 23.4 Å². The average molecular weight is 308 g/mol. The van der Waals surface area contributed by atoms with E-state index in [9.17, 15) is 4.79 Å². The molecule has 0 aromatic heterocycles. The number of carbonyl (C=O) groups excluding carboxylic acids is 1. The number of ether oxygens (including phenoxy) is 1. The Balaban J connectivity index is 2.16. The summed E-state index contributed by atoms with van der Waals surface area (Å²) in [6, 6.07) is 5.19. The van der Waals surface area contributed by atoms with Crippen molar-refractivity contribution in [2.45, 2.75) is 19.4 Å². The molecule has 1 atom stereocenters. The highest BCUT2D eigenvalue weighted by molar-refractivity contribution is 6.32. The van der Waals surface area contributed by atoms with E-state index >= 15 is 0 Å². The van der Waals surface area contributed by atoms with Gasteiger partial charge in [0.1, 0.15) is 0 Å². The predicted octanol–water partition coefficient (Wildman–Crippen LogP) is 1.93. The number of aliphatic hydroxyl groups is 1. The first-order valence-electron chi connectivity index (χ1n) is 6.91. The van der Waals surface area contributed by atoms with Crippen molar-refractivity contribution < 1.29 is 14.6 Å². The zero-order valence-electron chi connectivity index (χ0n) is 11.9. The molecule has 1 aliphatic heterocycles. The first-order chi connectivity index (χ1) is 10.1. The molecule has 0 radical (unpaired) electrons. The van der Waals surface area contributed by atoms with E-state index in [1.807, 2.05) is 6.92 Å². The van der Waals surface area contributed by atoms with Gasteiger partial charge in [-0.05, 0) is 25.1 Å². The molecular formula is C16H18ClNO3. The van der Waals surface area contributed by atoms with Gasteiger partial charge in [0.05, 0.1) is 30.9 Å².